The summed E-state index contributed by atoms with van der Waals surface area (Å²) in [6, 6.07) is 0. The molecule has 0 atom stereocenters. The Morgan fingerprint density at radius 3 is 2.28 bits per heavy atom. The van der Waals surface area contributed by atoms with Gasteiger partial charge in [-0.05, 0) is 46.5 Å². The van der Waals surface area contributed by atoms with Crippen molar-refractivity contribution in [2.45, 2.75) is 46.1 Å². The SMILES string of the molecule is CCNC(=NCC(=O)NC(C)(C)C)NCC1CCN(S(C)(=O)=O)CC1. The van der Waals surface area contributed by atoms with E-state index in [2.05, 4.69) is 20.9 Å². The molecule has 25 heavy (non-hydrogen) atoms. The molecule has 1 aliphatic rings. The molecule has 0 aromatic heterocycles. The molecule has 0 unspecified atom stereocenters. The zero-order valence-electron chi connectivity index (χ0n) is 16.1. The average Bonchev–Trinajstić information content (AvgIpc) is 2.48. The Kier molecular flexibility index (Phi) is 8.14. The third-order valence-electron chi connectivity index (χ3n) is 3.84. The lowest BCUT2D eigenvalue weighted by molar-refractivity contribution is -0.121. The number of nitrogens with one attached hydrogen (secondary N) is 3. The lowest BCUT2D eigenvalue weighted by atomic mass is 9.98. The fourth-order valence-corrected chi connectivity index (χ4v) is 3.51. The van der Waals surface area contributed by atoms with Gasteiger partial charge >= 0.3 is 0 Å². The Morgan fingerprint density at radius 2 is 1.80 bits per heavy atom. The zero-order valence-corrected chi connectivity index (χ0v) is 16.9. The second-order valence-electron chi connectivity index (χ2n) is 7.48. The Bertz CT molecular complexity index is 561. The Labute approximate surface area is 151 Å². The van der Waals surface area contributed by atoms with Crippen LogP contribution in [0.2, 0.25) is 0 Å². The molecule has 8 nitrogen and oxygen atoms in total. The maximum Gasteiger partial charge on any atom is 0.242 e. The predicted molar refractivity (Wildman–Crippen MR) is 101 cm³/mol. The van der Waals surface area contributed by atoms with Crippen molar-refractivity contribution >= 4 is 21.9 Å². The van der Waals surface area contributed by atoms with Gasteiger partial charge in [0.2, 0.25) is 15.9 Å². The number of guanidine groups is 1. The van der Waals surface area contributed by atoms with Crippen molar-refractivity contribution in [2.75, 3.05) is 39.0 Å². The van der Waals surface area contributed by atoms with Crippen molar-refractivity contribution in [2.24, 2.45) is 10.9 Å². The zero-order chi connectivity index (χ0) is 19.1. The lowest BCUT2D eigenvalue weighted by Crippen LogP contribution is -2.45. The van der Waals surface area contributed by atoms with Gasteiger partial charge in [-0.3, -0.25) is 4.79 Å². The second kappa shape index (κ2) is 9.38. The predicted octanol–water partition coefficient (Wildman–Crippen LogP) is 0.128. The van der Waals surface area contributed by atoms with Crippen LogP contribution in [0, 0.1) is 5.92 Å². The summed E-state index contributed by atoms with van der Waals surface area (Å²) in [6.45, 7) is 10.4. The number of nitrogens with zero attached hydrogens (tertiary/aromatic N) is 2. The van der Waals surface area contributed by atoms with Gasteiger partial charge in [0.05, 0.1) is 6.26 Å². The molecule has 0 aromatic rings. The van der Waals surface area contributed by atoms with E-state index in [0.717, 1.165) is 12.8 Å². The molecule has 1 fully saturated rings. The lowest BCUT2D eigenvalue weighted by Gasteiger charge is -2.30. The van der Waals surface area contributed by atoms with Crippen molar-refractivity contribution in [3.05, 3.63) is 0 Å². The third-order valence-corrected chi connectivity index (χ3v) is 5.14. The monoisotopic (exact) mass is 375 g/mol. The molecular formula is C16H33N5O3S. The van der Waals surface area contributed by atoms with Crippen molar-refractivity contribution in [3.8, 4) is 0 Å². The molecule has 0 saturated carbocycles. The quantitative estimate of drug-likeness (QED) is 0.452. The number of rotatable bonds is 6. The summed E-state index contributed by atoms with van der Waals surface area (Å²) < 4.78 is 24.6. The van der Waals surface area contributed by atoms with Crippen molar-refractivity contribution in [1.82, 2.24) is 20.3 Å². The maximum atomic E-state index is 11.9. The first-order valence-corrected chi connectivity index (χ1v) is 10.6. The minimum absolute atomic E-state index is 0.0686. The van der Waals surface area contributed by atoms with Crippen LogP contribution in [0.4, 0.5) is 0 Å². The first-order valence-electron chi connectivity index (χ1n) is 8.79. The Balaban J connectivity index is 2.45. The minimum atomic E-state index is -3.09. The van der Waals surface area contributed by atoms with Crippen molar-refractivity contribution < 1.29 is 13.2 Å². The summed E-state index contributed by atoms with van der Waals surface area (Å²) in [5.41, 5.74) is -0.272. The summed E-state index contributed by atoms with van der Waals surface area (Å²) >= 11 is 0. The summed E-state index contributed by atoms with van der Waals surface area (Å²) in [5, 5.41) is 9.26. The van der Waals surface area contributed by atoms with E-state index in [9.17, 15) is 13.2 Å². The first-order chi connectivity index (χ1) is 11.5. The average molecular weight is 376 g/mol. The first kappa shape index (κ1) is 21.7. The second-order valence-corrected chi connectivity index (χ2v) is 9.46. The van der Waals surface area contributed by atoms with Crippen LogP contribution < -0.4 is 16.0 Å². The number of aliphatic imine (C=N–C) groups is 1. The molecule has 1 amide bonds. The highest BCUT2D eigenvalue weighted by Crippen LogP contribution is 2.18. The molecule has 1 aliphatic heterocycles. The minimum Gasteiger partial charge on any atom is -0.357 e. The number of sulfonamides is 1. The van der Waals surface area contributed by atoms with Gasteiger partial charge in [-0.25, -0.2) is 17.7 Å². The van der Waals surface area contributed by atoms with Gasteiger partial charge in [0.25, 0.3) is 0 Å². The van der Waals surface area contributed by atoms with E-state index < -0.39 is 10.0 Å². The Hall–Kier alpha value is -1.35. The summed E-state index contributed by atoms with van der Waals surface area (Å²) in [5.74, 6) is 0.883. The van der Waals surface area contributed by atoms with Gasteiger partial charge in [0.15, 0.2) is 5.96 Å². The van der Waals surface area contributed by atoms with Crippen LogP contribution in [-0.2, 0) is 14.8 Å². The molecule has 1 saturated heterocycles. The topological polar surface area (TPSA) is 103 Å². The number of hydrogen-bond donors (Lipinski definition) is 3. The van der Waals surface area contributed by atoms with Gasteiger partial charge in [-0.2, -0.15) is 0 Å². The highest BCUT2D eigenvalue weighted by atomic mass is 32.2. The highest BCUT2D eigenvalue weighted by Gasteiger charge is 2.24. The summed E-state index contributed by atoms with van der Waals surface area (Å²) in [6.07, 6.45) is 2.90. The van der Waals surface area contributed by atoms with E-state index >= 15 is 0 Å². The van der Waals surface area contributed by atoms with Gasteiger partial charge < -0.3 is 16.0 Å². The molecule has 1 rings (SSSR count). The Morgan fingerprint density at radius 1 is 1.20 bits per heavy atom. The number of amides is 1. The van der Waals surface area contributed by atoms with E-state index in [0.29, 0.717) is 38.1 Å². The van der Waals surface area contributed by atoms with Crippen LogP contribution in [0.25, 0.3) is 0 Å². The number of carbonyl (C=O) groups excluding carboxylic acids is 1. The van der Waals surface area contributed by atoms with Crippen molar-refractivity contribution in [1.29, 1.82) is 0 Å². The van der Waals surface area contributed by atoms with Gasteiger partial charge in [0.1, 0.15) is 6.54 Å². The molecule has 0 bridgehead atoms. The van der Waals surface area contributed by atoms with Crippen LogP contribution >= 0.6 is 0 Å². The molecule has 0 aromatic carbocycles. The van der Waals surface area contributed by atoms with E-state index in [4.69, 9.17) is 0 Å². The number of piperidine rings is 1. The fraction of sp³-hybridized carbons (Fsp3) is 0.875. The van der Waals surface area contributed by atoms with E-state index in [1.807, 2.05) is 27.7 Å². The van der Waals surface area contributed by atoms with Gasteiger partial charge in [0, 0.05) is 31.7 Å². The fourth-order valence-electron chi connectivity index (χ4n) is 2.64. The molecule has 3 N–H and O–H groups in total. The highest BCUT2D eigenvalue weighted by molar-refractivity contribution is 7.88. The normalized spacial score (nSPS) is 18.0. The molecule has 1 heterocycles. The van der Waals surface area contributed by atoms with Crippen LogP contribution in [0.15, 0.2) is 4.99 Å². The number of carbonyl (C=O) groups is 1. The largest absolute Gasteiger partial charge is 0.357 e. The molecule has 0 aliphatic carbocycles. The van der Waals surface area contributed by atoms with Crippen LogP contribution in [0.1, 0.15) is 40.5 Å². The summed E-state index contributed by atoms with van der Waals surface area (Å²) in [7, 11) is -3.09. The number of hydrogen-bond acceptors (Lipinski definition) is 4. The van der Waals surface area contributed by atoms with Crippen molar-refractivity contribution in [3.63, 3.8) is 0 Å². The smallest absolute Gasteiger partial charge is 0.242 e. The molecule has 0 spiro atoms. The van der Waals surface area contributed by atoms with Crippen LogP contribution in [0.5, 0.6) is 0 Å². The van der Waals surface area contributed by atoms with Crippen LogP contribution in [0.3, 0.4) is 0 Å². The van der Waals surface area contributed by atoms with Gasteiger partial charge in [-0.15, -0.1) is 0 Å². The summed E-state index contributed by atoms with van der Waals surface area (Å²) in [4.78, 5) is 16.2. The van der Waals surface area contributed by atoms with Crippen LogP contribution in [-0.4, -0.2) is 69.1 Å². The maximum absolute atomic E-state index is 11.9. The van der Waals surface area contributed by atoms with E-state index in [1.165, 1.54) is 10.6 Å². The molecule has 146 valence electrons. The van der Waals surface area contributed by atoms with E-state index in [-0.39, 0.29) is 18.0 Å². The van der Waals surface area contributed by atoms with Gasteiger partial charge in [-0.1, -0.05) is 0 Å². The third kappa shape index (κ3) is 9.06. The molecule has 0 radical (unpaired) electrons. The molecular weight excluding hydrogens is 342 g/mol. The molecule has 9 heteroatoms. The van der Waals surface area contributed by atoms with E-state index in [1.54, 1.807) is 0 Å². The standard InChI is InChI=1S/C16H33N5O3S/c1-6-17-15(19-12-14(22)20-16(2,3)4)18-11-13-7-9-21(10-8-13)25(5,23)24/h13H,6-12H2,1-5H3,(H,20,22)(H2,17,18,19).